The fourth-order valence-corrected chi connectivity index (χ4v) is 2.26. The molecule has 0 amide bonds. The third-order valence-corrected chi connectivity index (χ3v) is 2.93. The van der Waals surface area contributed by atoms with Crippen LogP contribution in [0, 0.1) is 3.57 Å². The molecule has 1 aromatic rings. The van der Waals surface area contributed by atoms with Gasteiger partial charge < -0.3 is 5.73 Å². The Kier molecular flexibility index (Phi) is 3.65. The molecule has 0 heterocycles. The van der Waals surface area contributed by atoms with E-state index in [9.17, 15) is 13.2 Å². The van der Waals surface area contributed by atoms with Crippen LogP contribution in [0.4, 0.5) is 13.2 Å². The number of halogens is 5. The predicted octanol–water partition coefficient (Wildman–Crippen LogP) is 3.51. The van der Waals surface area contributed by atoms with Crippen LogP contribution < -0.4 is 5.73 Å². The lowest BCUT2D eigenvalue weighted by Crippen LogP contribution is -2.29. The van der Waals surface area contributed by atoms with Gasteiger partial charge in [-0.2, -0.15) is 13.2 Å². The number of hydrogen-bond acceptors (Lipinski definition) is 1. The molecule has 0 unspecified atom stereocenters. The van der Waals surface area contributed by atoms with Crippen molar-refractivity contribution in [2.45, 2.75) is 12.2 Å². The predicted molar refractivity (Wildman–Crippen MR) is 57.2 cm³/mol. The number of hydrogen-bond donors (Lipinski definition) is 1. The summed E-state index contributed by atoms with van der Waals surface area (Å²) < 4.78 is 37.3. The fraction of sp³-hybridized carbons (Fsp3) is 0.250. The molecule has 78 valence electrons. The van der Waals surface area contributed by atoms with Crippen LogP contribution in [0.2, 0.25) is 5.02 Å². The van der Waals surface area contributed by atoms with E-state index in [-0.39, 0.29) is 10.6 Å². The highest BCUT2D eigenvalue weighted by molar-refractivity contribution is 14.1. The Balaban J connectivity index is 3.19. The maximum atomic E-state index is 12.3. The van der Waals surface area contributed by atoms with Gasteiger partial charge in [0.05, 0.1) is 0 Å². The summed E-state index contributed by atoms with van der Waals surface area (Å²) in [6.07, 6.45) is -4.47. The number of rotatable bonds is 1. The molecule has 1 aromatic carbocycles. The highest BCUT2D eigenvalue weighted by Crippen LogP contribution is 2.36. The topological polar surface area (TPSA) is 26.0 Å². The number of benzene rings is 1. The Morgan fingerprint density at radius 2 is 1.93 bits per heavy atom. The van der Waals surface area contributed by atoms with Gasteiger partial charge in [0.2, 0.25) is 0 Å². The summed E-state index contributed by atoms with van der Waals surface area (Å²) in [5, 5.41) is 0.0433. The third-order valence-electron chi connectivity index (χ3n) is 1.66. The highest BCUT2D eigenvalue weighted by Gasteiger charge is 2.39. The third kappa shape index (κ3) is 2.52. The van der Waals surface area contributed by atoms with Crippen LogP contribution in [-0.2, 0) is 0 Å². The van der Waals surface area contributed by atoms with Gasteiger partial charge in [0, 0.05) is 14.2 Å². The van der Waals surface area contributed by atoms with Crippen LogP contribution in [0.25, 0.3) is 0 Å². The van der Waals surface area contributed by atoms with Crippen molar-refractivity contribution in [2.75, 3.05) is 0 Å². The second kappa shape index (κ2) is 4.24. The summed E-state index contributed by atoms with van der Waals surface area (Å²) >= 11 is 7.42. The van der Waals surface area contributed by atoms with Crippen molar-refractivity contribution in [3.05, 3.63) is 32.4 Å². The van der Waals surface area contributed by atoms with Gasteiger partial charge in [0.1, 0.15) is 6.04 Å². The van der Waals surface area contributed by atoms with Crippen molar-refractivity contribution in [2.24, 2.45) is 5.73 Å². The molecular weight excluding hydrogens is 329 g/mol. The first-order valence-electron chi connectivity index (χ1n) is 3.60. The van der Waals surface area contributed by atoms with Crippen LogP contribution in [0.3, 0.4) is 0 Å². The Labute approximate surface area is 97.6 Å². The molecule has 1 nitrogen and oxygen atoms in total. The van der Waals surface area contributed by atoms with Crippen molar-refractivity contribution >= 4 is 34.2 Å². The molecule has 0 aliphatic rings. The lowest BCUT2D eigenvalue weighted by Gasteiger charge is -2.18. The monoisotopic (exact) mass is 335 g/mol. The van der Waals surface area contributed by atoms with E-state index in [0.717, 1.165) is 0 Å². The molecule has 2 N–H and O–H groups in total. The SMILES string of the molecule is N[C@H](c1c(Cl)cccc1I)C(F)(F)F. The zero-order valence-corrected chi connectivity index (χ0v) is 9.69. The summed E-state index contributed by atoms with van der Waals surface area (Å²) in [5.41, 5.74) is 4.99. The first-order chi connectivity index (χ1) is 6.34. The maximum Gasteiger partial charge on any atom is 0.407 e. The van der Waals surface area contributed by atoms with Gasteiger partial charge in [-0.3, -0.25) is 0 Å². The molecule has 0 aliphatic carbocycles. The van der Waals surface area contributed by atoms with Crippen LogP contribution in [0.1, 0.15) is 11.6 Å². The molecule has 1 atom stereocenters. The van der Waals surface area contributed by atoms with E-state index in [4.69, 9.17) is 17.3 Å². The first kappa shape index (κ1) is 12.1. The standard InChI is InChI=1S/C8H6ClF3IN/c9-4-2-1-3-5(13)6(4)7(14)8(10,11)12/h1-3,7H,14H2/t7-/m1/s1. The molecule has 6 heteroatoms. The molecule has 14 heavy (non-hydrogen) atoms. The van der Waals surface area contributed by atoms with E-state index in [1.54, 1.807) is 28.7 Å². The van der Waals surface area contributed by atoms with E-state index >= 15 is 0 Å². The highest BCUT2D eigenvalue weighted by atomic mass is 127. The van der Waals surface area contributed by atoms with Crippen molar-refractivity contribution in [3.63, 3.8) is 0 Å². The average Bonchev–Trinajstić information content (AvgIpc) is 2.01. The van der Waals surface area contributed by atoms with Gasteiger partial charge in [-0.1, -0.05) is 17.7 Å². The smallest absolute Gasteiger partial charge is 0.316 e. The molecule has 1 rings (SSSR count). The Morgan fingerprint density at radius 3 is 2.36 bits per heavy atom. The normalized spacial score (nSPS) is 14.1. The molecule has 0 saturated heterocycles. The summed E-state index contributed by atoms with van der Waals surface area (Å²) in [6.45, 7) is 0. The minimum Gasteiger partial charge on any atom is -0.316 e. The summed E-state index contributed by atoms with van der Waals surface area (Å²) in [7, 11) is 0. The van der Waals surface area contributed by atoms with Crippen molar-refractivity contribution in [3.8, 4) is 0 Å². The molecule has 0 aromatic heterocycles. The Morgan fingerprint density at radius 1 is 1.36 bits per heavy atom. The first-order valence-corrected chi connectivity index (χ1v) is 5.06. The number of alkyl halides is 3. The van der Waals surface area contributed by atoms with Crippen molar-refractivity contribution < 1.29 is 13.2 Å². The fourth-order valence-electron chi connectivity index (χ4n) is 0.971. The maximum absolute atomic E-state index is 12.3. The van der Waals surface area contributed by atoms with Gasteiger partial charge in [-0.05, 0) is 34.7 Å². The summed E-state index contributed by atoms with van der Waals surface area (Å²) in [5.74, 6) is 0. The molecular formula is C8H6ClF3IN. The van der Waals surface area contributed by atoms with Gasteiger partial charge >= 0.3 is 6.18 Å². The molecule has 0 radical (unpaired) electrons. The number of nitrogens with two attached hydrogens (primary N) is 1. The van der Waals surface area contributed by atoms with Crippen LogP contribution in [0.15, 0.2) is 18.2 Å². The summed E-state index contributed by atoms with van der Waals surface area (Å²) in [4.78, 5) is 0. The van der Waals surface area contributed by atoms with E-state index in [1.807, 2.05) is 0 Å². The minimum absolute atomic E-state index is 0.0433. The lowest BCUT2D eigenvalue weighted by molar-refractivity contribution is -0.149. The molecule has 0 saturated carbocycles. The van der Waals surface area contributed by atoms with E-state index in [1.165, 1.54) is 12.1 Å². The van der Waals surface area contributed by atoms with Crippen molar-refractivity contribution in [1.29, 1.82) is 0 Å². The summed E-state index contributed by atoms with van der Waals surface area (Å²) in [6, 6.07) is 2.48. The molecule has 0 fully saturated rings. The second-order valence-electron chi connectivity index (χ2n) is 2.65. The molecule has 0 aliphatic heterocycles. The molecule has 0 bridgehead atoms. The van der Waals surface area contributed by atoms with E-state index in [0.29, 0.717) is 3.57 Å². The van der Waals surface area contributed by atoms with Crippen molar-refractivity contribution in [1.82, 2.24) is 0 Å². The van der Waals surface area contributed by atoms with E-state index in [2.05, 4.69) is 0 Å². The largest absolute Gasteiger partial charge is 0.407 e. The van der Waals surface area contributed by atoms with Gasteiger partial charge in [-0.15, -0.1) is 0 Å². The Hall–Kier alpha value is -0.0100. The zero-order valence-electron chi connectivity index (χ0n) is 6.78. The van der Waals surface area contributed by atoms with Crippen LogP contribution in [-0.4, -0.2) is 6.18 Å². The van der Waals surface area contributed by atoms with Crippen LogP contribution in [0.5, 0.6) is 0 Å². The second-order valence-corrected chi connectivity index (χ2v) is 4.22. The van der Waals surface area contributed by atoms with Gasteiger partial charge in [-0.25, -0.2) is 0 Å². The quantitative estimate of drug-likeness (QED) is 0.781. The van der Waals surface area contributed by atoms with Gasteiger partial charge in [0.15, 0.2) is 0 Å². The van der Waals surface area contributed by atoms with Gasteiger partial charge in [0.25, 0.3) is 0 Å². The van der Waals surface area contributed by atoms with E-state index < -0.39 is 12.2 Å². The van der Waals surface area contributed by atoms with Crippen LogP contribution >= 0.6 is 34.2 Å². The average molecular weight is 335 g/mol. The molecule has 0 spiro atoms. The Bertz CT molecular complexity index is 320. The zero-order chi connectivity index (χ0) is 10.9. The minimum atomic E-state index is -4.47. The lowest BCUT2D eigenvalue weighted by atomic mass is 10.1.